The first kappa shape index (κ1) is 18.3. The summed E-state index contributed by atoms with van der Waals surface area (Å²) in [5, 5.41) is 0.682. The fraction of sp³-hybridized carbons (Fsp3) is 0.0800. The third kappa shape index (κ3) is 3.39. The second-order valence-corrected chi connectivity index (χ2v) is 7.07. The standard InChI is InChI=1S/C25H19ClO2/c1-28-25(27)24(17-9-4-2-5-10-17)23-16-22(18-11-8-12-19(26)15-18)20-13-6-3-7-14-21(20)23/h2-16,24H,1H3. The van der Waals surface area contributed by atoms with Crippen molar-refractivity contribution in [1.29, 1.82) is 0 Å². The summed E-state index contributed by atoms with van der Waals surface area (Å²) in [5.41, 5.74) is 6.01. The molecule has 0 aliphatic heterocycles. The molecule has 0 saturated heterocycles. The van der Waals surface area contributed by atoms with E-state index in [0.29, 0.717) is 5.02 Å². The van der Waals surface area contributed by atoms with Crippen LogP contribution in [-0.2, 0) is 9.53 Å². The van der Waals surface area contributed by atoms with Crippen LogP contribution in [0.4, 0.5) is 0 Å². The molecule has 0 fully saturated rings. The first-order valence-electron chi connectivity index (χ1n) is 9.09. The van der Waals surface area contributed by atoms with Crippen LogP contribution in [0.3, 0.4) is 0 Å². The third-order valence-electron chi connectivity index (χ3n) is 4.96. The number of rotatable bonds is 4. The van der Waals surface area contributed by atoms with Gasteiger partial charge in [-0.2, -0.15) is 0 Å². The molecule has 2 nitrogen and oxygen atoms in total. The van der Waals surface area contributed by atoms with E-state index in [2.05, 4.69) is 18.2 Å². The molecular weight excluding hydrogens is 368 g/mol. The molecule has 1 unspecified atom stereocenters. The molecule has 138 valence electrons. The van der Waals surface area contributed by atoms with E-state index >= 15 is 0 Å². The summed E-state index contributed by atoms with van der Waals surface area (Å²) in [4.78, 5) is 12.8. The Morgan fingerprint density at radius 1 is 0.786 bits per heavy atom. The van der Waals surface area contributed by atoms with Crippen LogP contribution in [0, 0.1) is 0 Å². The van der Waals surface area contributed by atoms with E-state index < -0.39 is 5.92 Å². The number of hydrogen-bond acceptors (Lipinski definition) is 2. The number of carbonyl (C=O) groups excluding carboxylic acids is 1. The highest BCUT2D eigenvalue weighted by Gasteiger charge is 2.29. The molecule has 2 aliphatic carbocycles. The first-order chi connectivity index (χ1) is 13.7. The summed E-state index contributed by atoms with van der Waals surface area (Å²) in [6, 6.07) is 29.7. The maximum absolute atomic E-state index is 12.8. The van der Waals surface area contributed by atoms with Crippen LogP contribution in [0.2, 0.25) is 5.02 Å². The average Bonchev–Trinajstić information content (AvgIpc) is 2.90. The van der Waals surface area contributed by atoms with E-state index in [4.69, 9.17) is 16.3 Å². The second kappa shape index (κ2) is 7.87. The Hall–Kier alpha value is -3.10. The fourth-order valence-corrected chi connectivity index (χ4v) is 3.87. The molecule has 2 aliphatic rings. The summed E-state index contributed by atoms with van der Waals surface area (Å²) in [5.74, 6) is -0.772. The van der Waals surface area contributed by atoms with Gasteiger partial charge in [0.1, 0.15) is 5.92 Å². The van der Waals surface area contributed by atoms with Crippen LogP contribution < -0.4 is 0 Å². The molecule has 0 aromatic heterocycles. The molecule has 2 aromatic rings. The molecule has 0 heterocycles. The molecule has 2 aromatic carbocycles. The molecule has 0 amide bonds. The van der Waals surface area contributed by atoms with Gasteiger partial charge in [-0.25, -0.2) is 0 Å². The summed E-state index contributed by atoms with van der Waals surface area (Å²) in [6.07, 6.45) is 0. The van der Waals surface area contributed by atoms with Crippen LogP contribution >= 0.6 is 11.6 Å². The summed E-state index contributed by atoms with van der Waals surface area (Å²) in [7, 11) is 1.43. The largest absolute Gasteiger partial charge is 0.468 e. The van der Waals surface area contributed by atoms with Crippen molar-refractivity contribution in [2.75, 3.05) is 7.11 Å². The molecule has 0 radical (unpaired) electrons. The quantitative estimate of drug-likeness (QED) is 0.378. The number of fused-ring (bicyclic) bond motifs is 1. The van der Waals surface area contributed by atoms with E-state index in [-0.39, 0.29) is 5.97 Å². The Morgan fingerprint density at radius 3 is 2.14 bits per heavy atom. The molecule has 0 bridgehead atoms. The minimum Gasteiger partial charge on any atom is -0.468 e. The van der Waals surface area contributed by atoms with E-state index in [1.807, 2.05) is 72.8 Å². The number of esters is 1. The number of halogens is 1. The molecule has 1 atom stereocenters. The molecule has 0 spiro atoms. The molecule has 0 saturated carbocycles. The molecule has 4 rings (SSSR count). The lowest BCUT2D eigenvalue weighted by Gasteiger charge is -2.15. The van der Waals surface area contributed by atoms with Crippen molar-refractivity contribution in [2.45, 2.75) is 5.92 Å². The van der Waals surface area contributed by atoms with Crippen LogP contribution in [0.1, 0.15) is 17.0 Å². The average molecular weight is 387 g/mol. The van der Waals surface area contributed by atoms with Gasteiger partial charge in [-0.05, 0) is 51.6 Å². The van der Waals surface area contributed by atoms with Gasteiger partial charge < -0.3 is 4.74 Å². The van der Waals surface area contributed by atoms with Gasteiger partial charge in [0, 0.05) is 5.02 Å². The van der Waals surface area contributed by atoms with Gasteiger partial charge in [-0.1, -0.05) is 84.4 Å². The zero-order valence-corrected chi connectivity index (χ0v) is 16.2. The van der Waals surface area contributed by atoms with E-state index in [1.165, 1.54) is 7.11 Å². The Bertz CT molecular complexity index is 1090. The summed E-state index contributed by atoms with van der Waals surface area (Å²) in [6.45, 7) is 0. The molecular formula is C25H19ClO2. The Labute approximate surface area is 169 Å². The van der Waals surface area contributed by atoms with Crippen LogP contribution in [-0.4, -0.2) is 13.1 Å². The minimum absolute atomic E-state index is 0.276. The first-order valence-corrected chi connectivity index (χ1v) is 9.47. The van der Waals surface area contributed by atoms with Crippen molar-refractivity contribution in [3.05, 3.63) is 107 Å². The van der Waals surface area contributed by atoms with Crippen LogP contribution in [0.5, 0.6) is 0 Å². The lowest BCUT2D eigenvalue weighted by atomic mass is 9.90. The van der Waals surface area contributed by atoms with Crippen molar-refractivity contribution in [3.63, 3.8) is 0 Å². The zero-order chi connectivity index (χ0) is 19.5. The third-order valence-corrected chi connectivity index (χ3v) is 5.19. The topological polar surface area (TPSA) is 26.3 Å². The van der Waals surface area contributed by atoms with Gasteiger partial charge >= 0.3 is 5.97 Å². The molecule has 0 N–H and O–H groups in total. The zero-order valence-electron chi connectivity index (χ0n) is 15.4. The van der Waals surface area contributed by atoms with Crippen LogP contribution in [0.15, 0.2) is 91.0 Å². The second-order valence-electron chi connectivity index (χ2n) is 6.63. The van der Waals surface area contributed by atoms with Gasteiger partial charge in [-0.3, -0.25) is 4.79 Å². The number of benzene rings is 2. The summed E-state index contributed by atoms with van der Waals surface area (Å²) < 4.78 is 5.17. The highest BCUT2D eigenvalue weighted by atomic mass is 35.5. The van der Waals surface area contributed by atoms with Crippen molar-refractivity contribution in [3.8, 4) is 22.3 Å². The van der Waals surface area contributed by atoms with Crippen molar-refractivity contribution >= 4 is 17.6 Å². The van der Waals surface area contributed by atoms with Crippen molar-refractivity contribution in [2.24, 2.45) is 0 Å². The van der Waals surface area contributed by atoms with E-state index in [1.54, 1.807) is 0 Å². The Morgan fingerprint density at radius 2 is 1.46 bits per heavy atom. The number of methoxy groups -OCH3 is 1. The Kier molecular flexibility index (Phi) is 5.14. The van der Waals surface area contributed by atoms with Crippen molar-refractivity contribution < 1.29 is 9.53 Å². The SMILES string of the molecule is COC(=O)C(c1ccccc1)c1cc(-c2cccc(Cl)c2)c2cccccc1-2. The number of hydrogen-bond donors (Lipinski definition) is 0. The maximum Gasteiger partial charge on any atom is 0.317 e. The van der Waals surface area contributed by atoms with Crippen LogP contribution in [0.25, 0.3) is 22.3 Å². The predicted molar refractivity (Wildman–Crippen MR) is 114 cm³/mol. The van der Waals surface area contributed by atoms with E-state index in [9.17, 15) is 4.79 Å². The number of carbonyl (C=O) groups is 1. The molecule has 3 heteroatoms. The monoisotopic (exact) mass is 386 g/mol. The normalized spacial score (nSPS) is 11.9. The molecule has 28 heavy (non-hydrogen) atoms. The highest BCUT2D eigenvalue weighted by molar-refractivity contribution is 6.30. The predicted octanol–water partition coefficient (Wildman–Crippen LogP) is 6.42. The van der Waals surface area contributed by atoms with Gasteiger partial charge in [-0.15, -0.1) is 0 Å². The van der Waals surface area contributed by atoms with Gasteiger partial charge in [0.2, 0.25) is 0 Å². The smallest absolute Gasteiger partial charge is 0.317 e. The minimum atomic E-state index is -0.496. The fourth-order valence-electron chi connectivity index (χ4n) is 3.68. The maximum atomic E-state index is 12.8. The van der Waals surface area contributed by atoms with E-state index in [0.717, 1.165) is 33.4 Å². The highest BCUT2D eigenvalue weighted by Crippen LogP contribution is 2.44. The van der Waals surface area contributed by atoms with Gasteiger partial charge in [0.25, 0.3) is 0 Å². The lowest BCUT2D eigenvalue weighted by Crippen LogP contribution is -2.15. The van der Waals surface area contributed by atoms with Gasteiger partial charge in [0.15, 0.2) is 0 Å². The van der Waals surface area contributed by atoms with Gasteiger partial charge in [0.05, 0.1) is 7.11 Å². The summed E-state index contributed by atoms with van der Waals surface area (Å²) >= 11 is 6.24. The number of ether oxygens (including phenoxy) is 1. The Balaban J connectivity index is 1.97. The van der Waals surface area contributed by atoms with Crippen molar-refractivity contribution in [1.82, 2.24) is 0 Å². The lowest BCUT2D eigenvalue weighted by molar-refractivity contribution is -0.141.